The van der Waals surface area contributed by atoms with Crippen molar-refractivity contribution in [1.82, 2.24) is 9.47 Å². The zero-order chi connectivity index (χ0) is 15.0. The van der Waals surface area contributed by atoms with Gasteiger partial charge in [0, 0.05) is 25.8 Å². The van der Waals surface area contributed by atoms with Crippen molar-refractivity contribution in [3.05, 3.63) is 53.3 Å². The highest BCUT2D eigenvalue weighted by Crippen LogP contribution is 2.37. The smallest absolute Gasteiger partial charge is 0.270 e. The lowest BCUT2D eigenvalue weighted by molar-refractivity contribution is 0.0774. The molecule has 1 heterocycles. The number of hydrogen-bond acceptors (Lipinski definition) is 2. The number of carbonyl (C=O) groups is 1. The van der Waals surface area contributed by atoms with Crippen LogP contribution in [-0.4, -0.2) is 22.4 Å². The molecule has 0 unspecified atom stereocenters. The van der Waals surface area contributed by atoms with Crippen molar-refractivity contribution < 1.29 is 4.79 Å². The van der Waals surface area contributed by atoms with E-state index in [1.807, 2.05) is 17.8 Å². The van der Waals surface area contributed by atoms with Gasteiger partial charge in [0.25, 0.3) is 5.91 Å². The number of nitrogen functional groups attached to an aromatic ring is 1. The number of hydrogen-bond donors (Lipinski definition) is 1. The minimum absolute atomic E-state index is 0.0270. The normalized spacial score (nSPS) is 14.2. The van der Waals surface area contributed by atoms with Gasteiger partial charge in [-0.25, -0.2) is 0 Å². The standard InChI is InChI=1S/C17H21N3O/c1-12-3-5-13(6-4-12)10-19(2)17(21)16-9-14(18)11-20(16)15-7-8-15/h3-6,9,11,15H,7-8,10,18H2,1-2H3. The van der Waals surface area contributed by atoms with Crippen LogP contribution in [0, 0.1) is 6.92 Å². The quantitative estimate of drug-likeness (QED) is 0.937. The van der Waals surface area contributed by atoms with Crippen molar-refractivity contribution in [2.24, 2.45) is 0 Å². The summed E-state index contributed by atoms with van der Waals surface area (Å²) in [6, 6.07) is 10.5. The van der Waals surface area contributed by atoms with Gasteiger partial charge in [0.05, 0.1) is 5.69 Å². The maximum Gasteiger partial charge on any atom is 0.270 e. The fourth-order valence-electron chi connectivity index (χ4n) is 2.56. The monoisotopic (exact) mass is 283 g/mol. The van der Waals surface area contributed by atoms with Crippen LogP contribution in [0.25, 0.3) is 0 Å². The second-order valence-electron chi connectivity index (χ2n) is 5.94. The van der Waals surface area contributed by atoms with Gasteiger partial charge in [0.2, 0.25) is 0 Å². The largest absolute Gasteiger partial charge is 0.397 e. The maximum atomic E-state index is 12.6. The molecule has 1 aliphatic rings. The average Bonchev–Trinajstić information content (AvgIpc) is 3.23. The predicted molar refractivity (Wildman–Crippen MR) is 84.1 cm³/mol. The molecule has 1 aromatic heterocycles. The Bertz CT molecular complexity index is 653. The molecule has 0 radical (unpaired) electrons. The summed E-state index contributed by atoms with van der Waals surface area (Å²) in [5, 5.41) is 0. The Hall–Kier alpha value is -2.23. The summed E-state index contributed by atoms with van der Waals surface area (Å²) in [5.74, 6) is 0.0270. The zero-order valence-corrected chi connectivity index (χ0v) is 12.5. The molecule has 3 rings (SSSR count). The second-order valence-corrected chi connectivity index (χ2v) is 5.94. The first-order valence-electron chi connectivity index (χ1n) is 7.33. The van der Waals surface area contributed by atoms with E-state index in [9.17, 15) is 4.79 Å². The number of aromatic nitrogens is 1. The molecule has 1 saturated carbocycles. The number of carbonyl (C=O) groups excluding carboxylic acids is 1. The van der Waals surface area contributed by atoms with Crippen LogP contribution in [0.15, 0.2) is 36.5 Å². The van der Waals surface area contributed by atoms with Crippen LogP contribution in [0.4, 0.5) is 5.69 Å². The van der Waals surface area contributed by atoms with Crippen LogP contribution < -0.4 is 5.73 Å². The summed E-state index contributed by atoms with van der Waals surface area (Å²) in [6.07, 6.45) is 4.15. The van der Waals surface area contributed by atoms with E-state index >= 15 is 0 Å². The van der Waals surface area contributed by atoms with Gasteiger partial charge in [0.15, 0.2) is 0 Å². The number of aryl methyl sites for hydroxylation is 1. The second kappa shape index (κ2) is 5.28. The summed E-state index contributed by atoms with van der Waals surface area (Å²) < 4.78 is 2.03. The molecule has 110 valence electrons. The number of anilines is 1. The van der Waals surface area contributed by atoms with Crippen LogP contribution in [0.5, 0.6) is 0 Å². The first-order chi connectivity index (χ1) is 10.0. The first-order valence-corrected chi connectivity index (χ1v) is 7.33. The van der Waals surface area contributed by atoms with Crippen molar-refractivity contribution in [2.45, 2.75) is 32.4 Å². The van der Waals surface area contributed by atoms with Crippen LogP contribution in [0.2, 0.25) is 0 Å². The lowest BCUT2D eigenvalue weighted by Gasteiger charge is -2.18. The topological polar surface area (TPSA) is 51.3 Å². The molecule has 0 atom stereocenters. The molecule has 21 heavy (non-hydrogen) atoms. The highest BCUT2D eigenvalue weighted by atomic mass is 16.2. The lowest BCUT2D eigenvalue weighted by atomic mass is 10.1. The highest BCUT2D eigenvalue weighted by molar-refractivity contribution is 5.93. The average molecular weight is 283 g/mol. The molecule has 0 bridgehead atoms. The Balaban J connectivity index is 1.76. The molecular formula is C17H21N3O. The fraction of sp³-hybridized carbons (Fsp3) is 0.353. The van der Waals surface area contributed by atoms with Gasteiger partial charge in [-0.2, -0.15) is 0 Å². The Morgan fingerprint density at radius 2 is 2.00 bits per heavy atom. The SMILES string of the molecule is Cc1ccc(CN(C)C(=O)c2cc(N)cn2C2CC2)cc1. The van der Waals surface area contributed by atoms with Crippen LogP contribution in [-0.2, 0) is 6.54 Å². The Kier molecular flexibility index (Phi) is 3.45. The molecule has 1 aromatic carbocycles. The molecule has 4 nitrogen and oxygen atoms in total. The van der Waals surface area contributed by atoms with Crippen LogP contribution in [0.1, 0.15) is 40.5 Å². The van der Waals surface area contributed by atoms with Gasteiger partial charge in [0.1, 0.15) is 5.69 Å². The molecule has 0 saturated heterocycles. The van der Waals surface area contributed by atoms with Crippen LogP contribution >= 0.6 is 0 Å². The Labute approximate surface area is 125 Å². The molecule has 1 fully saturated rings. The summed E-state index contributed by atoms with van der Waals surface area (Å²) in [4.78, 5) is 14.4. The van der Waals surface area contributed by atoms with E-state index in [1.54, 1.807) is 11.0 Å². The molecule has 0 aliphatic heterocycles. The van der Waals surface area contributed by atoms with Gasteiger partial charge in [-0.15, -0.1) is 0 Å². The number of amides is 1. The van der Waals surface area contributed by atoms with E-state index in [0.717, 1.165) is 18.4 Å². The molecule has 2 aromatic rings. The number of benzene rings is 1. The van der Waals surface area contributed by atoms with Gasteiger partial charge in [-0.05, 0) is 31.4 Å². The molecule has 1 aliphatic carbocycles. The van der Waals surface area contributed by atoms with Crippen LogP contribution in [0.3, 0.4) is 0 Å². The third kappa shape index (κ3) is 2.94. The summed E-state index contributed by atoms with van der Waals surface area (Å²) in [5.41, 5.74) is 9.58. The molecular weight excluding hydrogens is 262 g/mol. The number of nitrogens with zero attached hydrogens (tertiary/aromatic N) is 2. The first kappa shape index (κ1) is 13.7. The van der Waals surface area contributed by atoms with E-state index in [4.69, 9.17) is 5.73 Å². The van der Waals surface area contributed by atoms with E-state index in [1.165, 1.54) is 5.56 Å². The summed E-state index contributed by atoms with van der Waals surface area (Å²) >= 11 is 0. The van der Waals surface area contributed by atoms with Gasteiger partial charge in [-0.1, -0.05) is 29.8 Å². The summed E-state index contributed by atoms with van der Waals surface area (Å²) in [6.45, 7) is 2.67. The minimum Gasteiger partial charge on any atom is -0.397 e. The van der Waals surface area contributed by atoms with Crippen molar-refractivity contribution in [2.75, 3.05) is 12.8 Å². The summed E-state index contributed by atoms with van der Waals surface area (Å²) in [7, 11) is 1.84. The third-order valence-electron chi connectivity index (χ3n) is 3.92. The number of rotatable bonds is 4. The third-order valence-corrected chi connectivity index (χ3v) is 3.92. The van der Waals surface area contributed by atoms with E-state index in [-0.39, 0.29) is 5.91 Å². The Morgan fingerprint density at radius 1 is 1.33 bits per heavy atom. The number of nitrogens with two attached hydrogens (primary N) is 1. The lowest BCUT2D eigenvalue weighted by Crippen LogP contribution is -2.28. The molecule has 0 spiro atoms. The van der Waals surface area contributed by atoms with Crippen molar-refractivity contribution in [3.63, 3.8) is 0 Å². The maximum absolute atomic E-state index is 12.6. The van der Waals surface area contributed by atoms with E-state index in [0.29, 0.717) is 24.0 Å². The van der Waals surface area contributed by atoms with Gasteiger partial charge < -0.3 is 15.2 Å². The molecule has 4 heteroatoms. The Morgan fingerprint density at radius 3 is 2.62 bits per heavy atom. The van der Waals surface area contributed by atoms with E-state index in [2.05, 4.69) is 31.2 Å². The zero-order valence-electron chi connectivity index (χ0n) is 12.5. The highest BCUT2D eigenvalue weighted by Gasteiger charge is 2.28. The van der Waals surface area contributed by atoms with Gasteiger partial charge >= 0.3 is 0 Å². The minimum atomic E-state index is 0.0270. The van der Waals surface area contributed by atoms with Crippen molar-refractivity contribution >= 4 is 11.6 Å². The van der Waals surface area contributed by atoms with Crippen molar-refractivity contribution in [3.8, 4) is 0 Å². The van der Waals surface area contributed by atoms with Crippen molar-refractivity contribution in [1.29, 1.82) is 0 Å². The van der Waals surface area contributed by atoms with E-state index < -0.39 is 0 Å². The fourth-order valence-corrected chi connectivity index (χ4v) is 2.56. The predicted octanol–water partition coefficient (Wildman–Crippen LogP) is 2.99. The van der Waals surface area contributed by atoms with Gasteiger partial charge in [-0.3, -0.25) is 4.79 Å². The molecule has 2 N–H and O–H groups in total. The molecule has 1 amide bonds.